The number of hydrogen-bond donors (Lipinski definition) is 1. The molecule has 1 aromatic rings. The Morgan fingerprint density at radius 1 is 1.22 bits per heavy atom. The van der Waals surface area contributed by atoms with E-state index in [9.17, 15) is 9.59 Å². The van der Waals surface area contributed by atoms with Crippen molar-refractivity contribution in [3.8, 4) is 5.75 Å². The van der Waals surface area contributed by atoms with Gasteiger partial charge in [0.25, 0.3) is 0 Å². The number of rotatable bonds is 6. The summed E-state index contributed by atoms with van der Waals surface area (Å²) >= 11 is 0. The van der Waals surface area contributed by atoms with Crippen molar-refractivity contribution in [1.82, 2.24) is 15.1 Å². The fourth-order valence-electron chi connectivity index (χ4n) is 2.54. The third kappa shape index (κ3) is 5.90. The minimum absolute atomic E-state index is 0.00545. The predicted octanol–water partition coefficient (Wildman–Crippen LogP) is 0.654. The monoisotopic (exact) mass is 319 g/mol. The van der Waals surface area contributed by atoms with Gasteiger partial charge in [0.2, 0.25) is 11.8 Å². The number of hydrogen-bond acceptors (Lipinski definition) is 4. The Morgan fingerprint density at radius 3 is 2.61 bits per heavy atom. The number of carbonyl (C=O) groups excluding carboxylic acids is 2. The van der Waals surface area contributed by atoms with Gasteiger partial charge in [0.1, 0.15) is 12.4 Å². The third-order valence-corrected chi connectivity index (χ3v) is 3.87. The van der Waals surface area contributed by atoms with Crippen LogP contribution in [0.1, 0.15) is 12.5 Å². The Bertz CT molecular complexity index is 540. The summed E-state index contributed by atoms with van der Waals surface area (Å²) in [7, 11) is 0. The number of ether oxygens (including phenoxy) is 1. The summed E-state index contributed by atoms with van der Waals surface area (Å²) < 4.78 is 5.60. The number of nitrogens with zero attached hydrogens (tertiary/aromatic N) is 2. The van der Waals surface area contributed by atoms with E-state index in [1.54, 1.807) is 6.92 Å². The fraction of sp³-hybridized carbons (Fsp3) is 0.529. The number of benzene rings is 1. The summed E-state index contributed by atoms with van der Waals surface area (Å²) in [4.78, 5) is 27.0. The molecule has 1 heterocycles. The van der Waals surface area contributed by atoms with Crippen LogP contribution in [-0.4, -0.2) is 67.5 Å². The smallest absolute Gasteiger partial charge is 0.234 e. The molecule has 0 spiro atoms. The zero-order valence-electron chi connectivity index (χ0n) is 13.9. The molecule has 126 valence electrons. The van der Waals surface area contributed by atoms with Crippen molar-refractivity contribution >= 4 is 11.8 Å². The van der Waals surface area contributed by atoms with Crippen LogP contribution >= 0.6 is 0 Å². The van der Waals surface area contributed by atoms with Gasteiger partial charge in [-0.05, 0) is 24.6 Å². The summed E-state index contributed by atoms with van der Waals surface area (Å²) in [6, 6.07) is 7.84. The van der Waals surface area contributed by atoms with Crippen LogP contribution in [-0.2, 0) is 9.59 Å². The van der Waals surface area contributed by atoms with Crippen molar-refractivity contribution in [3.05, 3.63) is 29.8 Å². The van der Waals surface area contributed by atoms with Crippen LogP contribution < -0.4 is 10.1 Å². The molecule has 1 aliphatic heterocycles. The Morgan fingerprint density at radius 2 is 1.96 bits per heavy atom. The lowest BCUT2D eigenvalue weighted by Crippen LogP contribution is -2.50. The van der Waals surface area contributed by atoms with E-state index in [4.69, 9.17) is 4.74 Å². The highest BCUT2D eigenvalue weighted by Gasteiger charge is 2.19. The molecular formula is C17H25N3O3. The van der Waals surface area contributed by atoms with E-state index in [0.29, 0.717) is 32.8 Å². The second kappa shape index (κ2) is 8.53. The lowest BCUT2D eigenvalue weighted by atomic mass is 10.2. The predicted molar refractivity (Wildman–Crippen MR) is 88.4 cm³/mol. The maximum atomic E-state index is 11.9. The van der Waals surface area contributed by atoms with Gasteiger partial charge in [0, 0.05) is 33.1 Å². The topological polar surface area (TPSA) is 61.9 Å². The maximum Gasteiger partial charge on any atom is 0.234 e. The molecule has 23 heavy (non-hydrogen) atoms. The molecule has 1 fully saturated rings. The third-order valence-electron chi connectivity index (χ3n) is 3.87. The van der Waals surface area contributed by atoms with Crippen molar-refractivity contribution < 1.29 is 14.3 Å². The molecule has 2 rings (SSSR count). The summed E-state index contributed by atoms with van der Waals surface area (Å²) in [5.41, 5.74) is 1.15. The first kappa shape index (κ1) is 17.3. The Kier molecular flexibility index (Phi) is 6.40. The van der Waals surface area contributed by atoms with Crippen LogP contribution in [0.3, 0.4) is 0 Å². The number of carbonyl (C=O) groups is 2. The molecule has 6 heteroatoms. The van der Waals surface area contributed by atoms with Gasteiger partial charge in [-0.1, -0.05) is 12.1 Å². The summed E-state index contributed by atoms with van der Waals surface area (Å²) in [6.07, 6.45) is 0. The Balaban J connectivity index is 1.59. The molecule has 1 aromatic carbocycles. The van der Waals surface area contributed by atoms with Gasteiger partial charge in [-0.3, -0.25) is 14.5 Å². The quantitative estimate of drug-likeness (QED) is 0.782. The van der Waals surface area contributed by atoms with Crippen LogP contribution in [0.5, 0.6) is 5.75 Å². The van der Waals surface area contributed by atoms with Gasteiger partial charge < -0.3 is 15.0 Å². The number of piperazine rings is 1. The van der Waals surface area contributed by atoms with Crippen LogP contribution in [0.2, 0.25) is 0 Å². The molecule has 1 saturated heterocycles. The molecule has 0 aromatic heterocycles. The van der Waals surface area contributed by atoms with Crippen molar-refractivity contribution in [1.29, 1.82) is 0 Å². The van der Waals surface area contributed by atoms with E-state index < -0.39 is 0 Å². The lowest BCUT2D eigenvalue weighted by Gasteiger charge is -2.33. The second-order valence-corrected chi connectivity index (χ2v) is 5.80. The normalized spacial score (nSPS) is 15.3. The first-order valence-corrected chi connectivity index (χ1v) is 7.98. The molecule has 1 aliphatic rings. The Hall–Kier alpha value is -2.08. The molecule has 0 saturated carbocycles. The van der Waals surface area contributed by atoms with E-state index in [0.717, 1.165) is 24.4 Å². The minimum atomic E-state index is -0.00545. The standard InChI is InChI=1S/C17H25N3O3/c1-14-4-3-5-16(12-14)23-11-6-18-17(22)13-19-7-9-20(10-8-19)15(2)21/h3-5,12H,6-11,13H2,1-2H3,(H,18,22). The van der Waals surface area contributed by atoms with Gasteiger partial charge in [0.15, 0.2) is 0 Å². The first-order chi connectivity index (χ1) is 11.0. The highest BCUT2D eigenvalue weighted by molar-refractivity contribution is 5.78. The molecule has 0 bridgehead atoms. The SMILES string of the molecule is CC(=O)N1CCN(CC(=O)NCCOc2cccc(C)c2)CC1. The number of nitrogens with one attached hydrogen (secondary N) is 1. The van der Waals surface area contributed by atoms with Crippen molar-refractivity contribution in [2.75, 3.05) is 45.9 Å². The Labute approximate surface area is 137 Å². The molecule has 6 nitrogen and oxygen atoms in total. The van der Waals surface area contributed by atoms with Gasteiger partial charge in [-0.15, -0.1) is 0 Å². The summed E-state index contributed by atoms with van der Waals surface area (Å²) in [5.74, 6) is 0.913. The first-order valence-electron chi connectivity index (χ1n) is 7.98. The largest absolute Gasteiger partial charge is 0.492 e. The van der Waals surface area contributed by atoms with Crippen molar-refractivity contribution in [3.63, 3.8) is 0 Å². The average molecular weight is 319 g/mol. The highest BCUT2D eigenvalue weighted by Crippen LogP contribution is 2.11. The van der Waals surface area contributed by atoms with E-state index in [1.165, 1.54) is 0 Å². The van der Waals surface area contributed by atoms with Crippen molar-refractivity contribution in [2.45, 2.75) is 13.8 Å². The number of aryl methyl sites for hydroxylation is 1. The van der Waals surface area contributed by atoms with E-state index >= 15 is 0 Å². The van der Waals surface area contributed by atoms with Gasteiger partial charge in [-0.25, -0.2) is 0 Å². The summed E-state index contributed by atoms with van der Waals surface area (Å²) in [6.45, 7) is 7.78. The molecule has 0 atom stereocenters. The van der Waals surface area contributed by atoms with E-state index in [2.05, 4.69) is 10.2 Å². The molecule has 2 amide bonds. The molecule has 0 radical (unpaired) electrons. The number of amides is 2. The lowest BCUT2D eigenvalue weighted by molar-refractivity contribution is -0.131. The molecular weight excluding hydrogens is 294 g/mol. The van der Waals surface area contributed by atoms with Crippen LogP contribution in [0.25, 0.3) is 0 Å². The highest BCUT2D eigenvalue weighted by atomic mass is 16.5. The fourth-order valence-corrected chi connectivity index (χ4v) is 2.54. The zero-order chi connectivity index (χ0) is 16.7. The average Bonchev–Trinajstić information content (AvgIpc) is 2.52. The molecule has 1 N–H and O–H groups in total. The van der Waals surface area contributed by atoms with Crippen LogP contribution in [0, 0.1) is 6.92 Å². The van der Waals surface area contributed by atoms with E-state index in [-0.39, 0.29) is 11.8 Å². The molecule has 0 unspecified atom stereocenters. The second-order valence-electron chi connectivity index (χ2n) is 5.80. The van der Waals surface area contributed by atoms with Gasteiger partial charge >= 0.3 is 0 Å². The zero-order valence-corrected chi connectivity index (χ0v) is 13.9. The molecule has 0 aliphatic carbocycles. The van der Waals surface area contributed by atoms with Crippen LogP contribution in [0.15, 0.2) is 24.3 Å². The van der Waals surface area contributed by atoms with Gasteiger partial charge in [-0.2, -0.15) is 0 Å². The van der Waals surface area contributed by atoms with Crippen molar-refractivity contribution in [2.24, 2.45) is 0 Å². The van der Waals surface area contributed by atoms with E-state index in [1.807, 2.05) is 36.1 Å². The van der Waals surface area contributed by atoms with Gasteiger partial charge in [0.05, 0.1) is 13.1 Å². The van der Waals surface area contributed by atoms with Crippen LogP contribution in [0.4, 0.5) is 0 Å². The summed E-state index contributed by atoms with van der Waals surface area (Å²) in [5, 5.41) is 2.86. The minimum Gasteiger partial charge on any atom is -0.492 e. The maximum absolute atomic E-state index is 11.9.